The molecule has 1 aliphatic rings. The van der Waals surface area contributed by atoms with E-state index in [4.69, 9.17) is 0 Å². The molecule has 4 rings (SSSR count). The third-order valence-electron chi connectivity index (χ3n) is 7.36. The Morgan fingerprint density at radius 1 is 0.957 bits per heavy atom. The van der Waals surface area contributed by atoms with Gasteiger partial charge in [-0.2, -0.15) is 5.10 Å². The predicted molar refractivity (Wildman–Crippen MR) is 168 cm³/mol. The fraction of sp³-hybridized carbons (Fsp3) is 0.484. The molecular formula is C31H42N10O5. The van der Waals surface area contributed by atoms with Crippen molar-refractivity contribution < 1.29 is 24.0 Å². The molecule has 0 saturated heterocycles. The highest BCUT2D eigenvalue weighted by Gasteiger charge is 2.29. The number of carbonyl (C=O) groups excluding carboxylic acids is 5. The molecule has 0 bridgehead atoms. The topological polar surface area (TPSA) is 185 Å². The zero-order valence-electron chi connectivity index (χ0n) is 26.8. The van der Waals surface area contributed by atoms with Crippen LogP contribution in [0.4, 0.5) is 0 Å². The predicted octanol–water partition coefficient (Wildman–Crippen LogP) is 0.554. The number of fused-ring (bicyclic) bond motifs is 1. The van der Waals surface area contributed by atoms with Crippen LogP contribution in [0.5, 0.6) is 0 Å². The highest BCUT2D eigenvalue weighted by Crippen LogP contribution is 2.19. The lowest BCUT2D eigenvalue weighted by atomic mass is 10.0. The molecule has 0 spiro atoms. The molecule has 3 aromatic rings. The molecule has 46 heavy (non-hydrogen) atoms. The van der Waals surface area contributed by atoms with Crippen molar-refractivity contribution in [3.8, 4) is 11.4 Å². The summed E-state index contributed by atoms with van der Waals surface area (Å²) in [5, 5.41) is 15.7. The number of aromatic nitrogens is 5. The van der Waals surface area contributed by atoms with Gasteiger partial charge in [0.1, 0.15) is 30.1 Å². The first-order valence-corrected chi connectivity index (χ1v) is 15.4. The van der Waals surface area contributed by atoms with Crippen LogP contribution in [0.25, 0.3) is 11.4 Å². The van der Waals surface area contributed by atoms with Crippen molar-refractivity contribution in [1.82, 2.24) is 50.5 Å². The Morgan fingerprint density at radius 3 is 2.37 bits per heavy atom. The third-order valence-corrected chi connectivity index (χ3v) is 7.36. The summed E-state index contributed by atoms with van der Waals surface area (Å²) in [5.74, 6) is -1.55. The monoisotopic (exact) mass is 634 g/mol. The maximum atomic E-state index is 13.5. The van der Waals surface area contributed by atoms with Crippen LogP contribution in [0.2, 0.25) is 0 Å². The fourth-order valence-corrected chi connectivity index (χ4v) is 5.03. The largest absolute Gasteiger partial charge is 0.354 e. The van der Waals surface area contributed by atoms with Gasteiger partial charge in [-0.3, -0.25) is 24.0 Å². The normalized spacial score (nSPS) is 20.8. The van der Waals surface area contributed by atoms with Crippen molar-refractivity contribution in [2.45, 2.75) is 65.2 Å². The maximum Gasteiger partial charge on any atom is 0.274 e. The summed E-state index contributed by atoms with van der Waals surface area (Å²) in [5.41, 5.74) is 0.905. The van der Waals surface area contributed by atoms with E-state index in [2.05, 4.69) is 36.3 Å². The van der Waals surface area contributed by atoms with Crippen LogP contribution in [0.3, 0.4) is 0 Å². The number of carbonyl (C=O) groups is 5. The van der Waals surface area contributed by atoms with Gasteiger partial charge in [0.2, 0.25) is 23.6 Å². The molecule has 1 aliphatic heterocycles. The van der Waals surface area contributed by atoms with E-state index in [1.165, 1.54) is 22.8 Å². The first-order valence-electron chi connectivity index (χ1n) is 15.4. The number of aryl methyl sites for hydroxylation is 1. The standard InChI is InChI=1S/C31H42N10O5/c1-19(2)14-23-30(45)35-20(3)28-37-27(22-10-7-6-8-11-22)38-41(28)17-25(42)32-12-9-13-40(31(46)24-15-39(5)18-33-24)16-26(43)34-21(4)29(44)36-23/h6-8,10-11,15,18-21,23H,9,12-14,16-17H2,1-5H3,(H,32,42)(H,34,43)(H,35,45)(H,36,44)/t20-,21+,23+/m0/s1. The summed E-state index contributed by atoms with van der Waals surface area (Å²) in [6, 6.07) is 6.72. The lowest BCUT2D eigenvalue weighted by Gasteiger charge is -2.25. The Morgan fingerprint density at radius 2 is 1.70 bits per heavy atom. The minimum absolute atomic E-state index is 0.0565. The zero-order valence-corrected chi connectivity index (χ0v) is 26.8. The summed E-state index contributed by atoms with van der Waals surface area (Å²) in [6.45, 7) is 6.95. The van der Waals surface area contributed by atoms with Crippen LogP contribution in [0.15, 0.2) is 42.9 Å². The Bertz CT molecular complexity index is 1550. The average Bonchev–Trinajstić information content (AvgIpc) is 3.64. The van der Waals surface area contributed by atoms with E-state index in [1.54, 1.807) is 24.7 Å². The SMILES string of the molecule is CC(C)C[C@H]1NC(=O)[C@@H](C)NC(=O)CN(C(=O)c2cn(C)cn2)CCCNC(=O)Cn2nc(-c3ccccc3)nc2[C@H](C)NC1=O. The number of hydrogen-bond donors (Lipinski definition) is 4. The average molecular weight is 635 g/mol. The van der Waals surface area contributed by atoms with E-state index in [0.29, 0.717) is 24.5 Å². The number of benzene rings is 1. The molecule has 2 aromatic heterocycles. The fourth-order valence-electron chi connectivity index (χ4n) is 5.03. The highest BCUT2D eigenvalue weighted by molar-refractivity contribution is 5.96. The Hall–Kier alpha value is -5.08. The van der Waals surface area contributed by atoms with Gasteiger partial charge in [-0.15, -0.1) is 0 Å². The van der Waals surface area contributed by atoms with Crippen LogP contribution in [0.1, 0.15) is 62.9 Å². The molecule has 4 N–H and O–H groups in total. The number of nitrogens with one attached hydrogen (secondary N) is 4. The number of amides is 5. The second kappa shape index (κ2) is 15.3. The van der Waals surface area contributed by atoms with E-state index in [9.17, 15) is 24.0 Å². The van der Waals surface area contributed by atoms with E-state index < -0.39 is 41.8 Å². The first-order chi connectivity index (χ1) is 21.9. The molecule has 1 aromatic carbocycles. The second-order valence-corrected chi connectivity index (χ2v) is 11.9. The van der Waals surface area contributed by atoms with Crippen LogP contribution in [-0.4, -0.2) is 90.5 Å². The van der Waals surface area contributed by atoms with Crippen molar-refractivity contribution in [3.63, 3.8) is 0 Å². The number of rotatable bonds is 4. The molecule has 0 unspecified atom stereocenters. The molecule has 0 radical (unpaired) electrons. The Labute approximate surface area is 267 Å². The van der Waals surface area contributed by atoms with E-state index in [-0.39, 0.29) is 43.7 Å². The lowest BCUT2D eigenvalue weighted by molar-refractivity contribution is -0.132. The van der Waals surface area contributed by atoms with Crippen molar-refractivity contribution >= 4 is 29.5 Å². The number of nitrogens with zero attached hydrogens (tertiary/aromatic N) is 6. The summed E-state index contributed by atoms with van der Waals surface area (Å²) < 4.78 is 3.07. The molecule has 15 nitrogen and oxygen atoms in total. The van der Waals surface area contributed by atoms with Gasteiger partial charge in [0.15, 0.2) is 5.82 Å². The highest BCUT2D eigenvalue weighted by atomic mass is 16.2. The van der Waals surface area contributed by atoms with Gasteiger partial charge in [0.25, 0.3) is 5.91 Å². The van der Waals surface area contributed by atoms with Gasteiger partial charge in [0, 0.05) is 31.9 Å². The summed E-state index contributed by atoms with van der Waals surface area (Å²) in [4.78, 5) is 76.1. The molecule has 0 aliphatic carbocycles. The smallest absolute Gasteiger partial charge is 0.274 e. The third kappa shape index (κ3) is 8.99. The van der Waals surface area contributed by atoms with Crippen LogP contribution >= 0.6 is 0 Å². The van der Waals surface area contributed by atoms with Crippen LogP contribution in [0, 0.1) is 5.92 Å². The van der Waals surface area contributed by atoms with Crippen LogP contribution < -0.4 is 21.3 Å². The molecule has 0 saturated carbocycles. The van der Waals surface area contributed by atoms with Gasteiger partial charge in [-0.05, 0) is 32.6 Å². The van der Waals surface area contributed by atoms with Gasteiger partial charge in [-0.1, -0.05) is 44.2 Å². The molecule has 3 atom stereocenters. The van der Waals surface area contributed by atoms with E-state index in [1.807, 2.05) is 44.2 Å². The minimum Gasteiger partial charge on any atom is -0.354 e. The van der Waals surface area contributed by atoms with Gasteiger partial charge < -0.3 is 30.7 Å². The molecule has 0 fully saturated rings. The van der Waals surface area contributed by atoms with Gasteiger partial charge in [-0.25, -0.2) is 14.6 Å². The Balaban J connectivity index is 1.63. The van der Waals surface area contributed by atoms with Gasteiger partial charge >= 0.3 is 0 Å². The van der Waals surface area contributed by atoms with Crippen molar-refractivity contribution in [2.75, 3.05) is 19.6 Å². The molecule has 246 valence electrons. The van der Waals surface area contributed by atoms with Crippen molar-refractivity contribution in [2.24, 2.45) is 13.0 Å². The lowest BCUT2D eigenvalue weighted by Crippen LogP contribution is -2.54. The molecular weight excluding hydrogens is 592 g/mol. The minimum atomic E-state index is -0.989. The van der Waals surface area contributed by atoms with Gasteiger partial charge in [0.05, 0.1) is 18.9 Å². The molecule has 3 heterocycles. The molecule has 5 amide bonds. The van der Waals surface area contributed by atoms with E-state index >= 15 is 0 Å². The van der Waals surface area contributed by atoms with E-state index in [0.717, 1.165) is 5.56 Å². The first kappa shape index (κ1) is 33.8. The quantitative estimate of drug-likeness (QED) is 0.321. The second-order valence-electron chi connectivity index (χ2n) is 11.9. The molecule has 15 heteroatoms. The summed E-state index contributed by atoms with van der Waals surface area (Å²) in [7, 11) is 1.73. The zero-order chi connectivity index (χ0) is 33.4. The Kier molecular flexibility index (Phi) is 11.2. The summed E-state index contributed by atoms with van der Waals surface area (Å²) in [6.07, 6.45) is 3.71. The van der Waals surface area contributed by atoms with Crippen molar-refractivity contribution in [3.05, 3.63) is 54.4 Å². The van der Waals surface area contributed by atoms with Crippen LogP contribution in [-0.2, 0) is 32.8 Å². The number of hydrogen-bond acceptors (Lipinski definition) is 8. The maximum absolute atomic E-state index is 13.5. The number of imidazole rings is 1. The summed E-state index contributed by atoms with van der Waals surface area (Å²) >= 11 is 0. The van der Waals surface area contributed by atoms with Crippen molar-refractivity contribution in [1.29, 1.82) is 0 Å².